The van der Waals surface area contributed by atoms with Gasteiger partial charge in [0, 0.05) is 24.5 Å². The standard InChI is InChI=1S/C18H18N2O2S/c1-11-14-9-17(22)16(21)8-12(14)6-7-20(11)10-15-13-4-2-3-5-18(13)23-19-15/h2-5,8-9,11,21-22H,6-7,10H2,1H3. The molecule has 1 aromatic heterocycles. The first-order valence-corrected chi connectivity index (χ1v) is 8.53. The molecule has 5 heteroatoms. The van der Waals surface area contributed by atoms with Crippen molar-refractivity contribution in [1.82, 2.24) is 9.27 Å². The third-order valence-corrected chi connectivity index (χ3v) is 5.57. The molecule has 0 aliphatic carbocycles. The van der Waals surface area contributed by atoms with Crippen molar-refractivity contribution < 1.29 is 10.2 Å². The smallest absolute Gasteiger partial charge is 0.157 e. The van der Waals surface area contributed by atoms with Gasteiger partial charge in [0.15, 0.2) is 11.5 Å². The largest absolute Gasteiger partial charge is 0.504 e. The van der Waals surface area contributed by atoms with Gasteiger partial charge in [-0.3, -0.25) is 4.90 Å². The van der Waals surface area contributed by atoms with Gasteiger partial charge in [0.25, 0.3) is 0 Å². The Morgan fingerprint density at radius 3 is 2.87 bits per heavy atom. The normalized spacial score (nSPS) is 18.2. The highest BCUT2D eigenvalue weighted by Crippen LogP contribution is 2.37. The van der Waals surface area contributed by atoms with Crippen LogP contribution in [0.25, 0.3) is 10.1 Å². The molecule has 4 rings (SSSR count). The summed E-state index contributed by atoms with van der Waals surface area (Å²) in [6.45, 7) is 3.86. The zero-order chi connectivity index (χ0) is 16.0. The molecule has 118 valence electrons. The maximum absolute atomic E-state index is 9.80. The van der Waals surface area contributed by atoms with Crippen molar-refractivity contribution in [3.8, 4) is 11.5 Å². The van der Waals surface area contributed by atoms with Gasteiger partial charge in [0.2, 0.25) is 0 Å². The first-order chi connectivity index (χ1) is 11.1. The Morgan fingerprint density at radius 2 is 2.00 bits per heavy atom. The van der Waals surface area contributed by atoms with Crippen molar-refractivity contribution in [3.63, 3.8) is 0 Å². The van der Waals surface area contributed by atoms with E-state index in [0.29, 0.717) is 0 Å². The number of phenols is 2. The number of hydrogen-bond donors (Lipinski definition) is 2. The maximum Gasteiger partial charge on any atom is 0.157 e. The molecule has 2 N–H and O–H groups in total. The van der Waals surface area contributed by atoms with Crippen molar-refractivity contribution >= 4 is 21.6 Å². The van der Waals surface area contributed by atoms with Crippen LogP contribution in [-0.2, 0) is 13.0 Å². The highest BCUT2D eigenvalue weighted by Gasteiger charge is 2.26. The Labute approximate surface area is 138 Å². The molecule has 0 fully saturated rings. The van der Waals surface area contributed by atoms with E-state index in [0.717, 1.165) is 36.3 Å². The molecular formula is C18H18N2O2S. The van der Waals surface area contributed by atoms with Gasteiger partial charge < -0.3 is 10.2 Å². The molecule has 1 aliphatic heterocycles. The van der Waals surface area contributed by atoms with E-state index in [2.05, 4.69) is 34.4 Å². The molecule has 0 spiro atoms. The third-order valence-electron chi connectivity index (χ3n) is 4.71. The molecule has 4 nitrogen and oxygen atoms in total. The molecular weight excluding hydrogens is 308 g/mol. The fourth-order valence-electron chi connectivity index (χ4n) is 3.36. The molecule has 0 saturated heterocycles. The number of rotatable bonds is 2. The van der Waals surface area contributed by atoms with Crippen LogP contribution in [0.1, 0.15) is 29.8 Å². The van der Waals surface area contributed by atoms with E-state index >= 15 is 0 Å². The van der Waals surface area contributed by atoms with Crippen molar-refractivity contribution in [2.75, 3.05) is 6.54 Å². The average molecular weight is 326 g/mol. The fourth-order valence-corrected chi connectivity index (χ4v) is 4.14. The topological polar surface area (TPSA) is 56.6 Å². The van der Waals surface area contributed by atoms with E-state index in [4.69, 9.17) is 0 Å². The molecule has 1 atom stereocenters. The average Bonchev–Trinajstić information content (AvgIpc) is 2.95. The van der Waals surface area contributed by atoms with Crippen LogP contribution in [0.15, 0.2) is 36.4 Å². The zero-order valence-electron chi connectivity index (χ0n) is 12.9. The minimum atomic E-state index is -0.0449. The molecule has 1 aliphatic rings. The Morgan fingerprint density at radius 1 is 1.22 bits per heavy atom. The van der Waals surface area contributed by atoms with Crippen LogP contribution in [0.5, 0.6) is 11.5 Å². The van der Waals surface area contributed by atoms with Crippen LogP contribution in [0.3, 0.4) is 0 Å². The highest BCUT2D eigenvalue weighted by molar-refractivity contribution is 7.13. The first-order valence-electron chi connectivity index (χ1n) is 7.75. The lowest BCUT2D eigenvalue weighted by Gasteiger charge is -2.35. The van der Waals surface area contributed by atoms with Crippen LogP contribution in [0.2, 0.25) is 0 Å². The molecule has 3 aromatic rings. The fraction of sp³-hybridized carbons (Fsp3) is 0.278. The van der Waals surface area contributed by atoms with Gasteiger partial charge in [-0.25, -0.2) is 0 Å². The van der Waals surface area contributed by atoms with Gasteiger partial charge >= 0.3 is 0 Å². The molecule has 2 aromatic carbocycles. The van der Waals surface area contributed by atoms with Crippen LogP contribution >= 0.6 is 11.5 Å². The Balaban J connectivity index is 1.64. The molecule has 0 saturated carbocycles. The van der Waals surface area contributed by atoms with Crippen molar-refractivity contribution in [1.29, 1.82) is 0 Å². The summed E-state index contributed by atoms with van der Waals surface area (Å²) in [6.07, 6.45) is 0.871. The third kappa shape index (κ3) is 2.46. The Kier molecular flexibility index (Phi) is 3.47. The van der Waals surface area contributed by atoms with E-state index in [9.17, 15) is 10.2 Å². The van der Waals surface area contributed by atoms with Gasteiger partial charge in [-0.1, -0.05) is 18.2 Å². The summed E-state index contributed by atoms with van der Waals surface area (Å²) in [6, 6.07) is 11.9. The maximum atomic E-state index is 9.80. The van der Waals surface area contributed by atoms with Gasteiger partial charge in [-0.05, 0) is 54.2 Å². The monoisotopic (exact) mass is 326 g/mol. The number of benzene rings is 2. The second-order valence-corrected chi connectivity index (χ2v) is 6.87. The summed E-state index contributed by atoms with van der Waals surface area (Å²) in [7, 11) is 0. The highest BCUT2D eigenvalue weighted by atomic mass is 32.1. The second-order valence-electron chi connectivity index (χ2n) is 6.06. The lowest BCUT2D eigenvalue weighted by Crippen LogP contribution is -2.33. The number of phenolic OH excluding ortho intramolecular Hbond substituents is 2. The van der Waals surface area contributed by atoms with E-state index in [1.54, 1.807) is 23.7 Å². The van der Waals surface area contributed by atoms with E-state index in [1.807, 2.05) is 6.07 Å². The van der Waals surface area contributed by atoms with Crippen LogP contribution < -0.4 is 0 Å². The quantitative estimate of drug-likeness (QED) is 0.703. The zero-order valence-corrected chi connectivity index (χ0v) is 13.7. The SMILES string of the molecule is CC1c2cc(O)c(O)cc2CCN1Cc1nsc2ccccc12. The van der Waals surface area contributed by atoms with E-state index in [1.165, 1.54) is 10.1 Å². The van der Waals surface area contributed by atoms with Crippen LogP contribution in [0, 0.1) is 0 Å². The van der Waals surface area contributed by atoms with Crippen molar-refractivity contribution in [3.05, 3.63) is 53.2 Å². The minimum Gasteiger partial charge on any atom is -0.504 e. The molecule has 1 unspecified atom stereocenters. The van der Waals surface area contributed by atoms with Crippen LogP contribution in [-0.4, -0.2) is 26.0 Å². The van der Waals surface area contributed by atoms with Gasteiger partial charge in [-0.2, -0.15) is 4.37 Å². The first kappa shape index (κ1) is 14.5. The van der Waals surface area contributed by atoms with E-state index in [-0.39, 0.29) is 17.5 Å². The summed E-state index contributed by atoms with van der Waals surface area (Å²) < 4.78 is 5.84. The van der Waals surface area contributed by atoms with E-state index < -0.39 is 0 Å². The molecule has 2 heterocycles. The molecule has 0 amide bonds. The number of hydrogen-bond acceptors (Lipinski definition) is 5. The summed E-state index contributed by atoms with van der Waals surface area (Å²) in [4.78, 5) is 2.38. The number of aromatic nitrogens is 1. The minimum absolute atomic E-state index is 0.0325. The Hall–Kier alpha value is -2.11. The number of aromatic hydroxyl groups is 2. The molecule has 0 bridgehead atoms. The summed E-state index contributed by atoms with van der Waals surface area (Å²) in [5.74, 6) is -0.0774. The lowest BCUT2D eigenvalue weighted by atomic mass is 9.92. The lowest BCUT2D eigenvalue weighted by molar-refractivity contribution is 0.188. The predicted molar refractivity (Wildman–Crippen MR) is 91.9 cm³/mol. The summed E-state index contributed by atoms with van der Waals surface area (Å²) >= 11 is 1.54. The van der Waals surface area contributed by atoms with Gasteiger partial charge in [-0.15, -0.1) is 0 Å². The molecule has 0 radical (unpaired) electrons. The Bertz CT molecular complexity index is 875. The number of fused-ring (bicyclic) bond motifs is 2. The van der Waals surface area contributed by atoms with Crippen LogP contribution in [0.4, 0.5) is 0 Å². The van der Waals surface area contributed by atoms with Gasteiger partial charge in [0.05, 0.1) is 10.4 Å². The second kappa shape index (κ2) is 5.51. The molecule has 23 heavy (non-hydrogen) atoms. The summed E-state index contributed by atoms with van der Waals surface area (Å²) in [5.41, 5.74) is 3.32. The van der Waals surface area contributed by atoms with Crippen molar-refractivity contribution in [2.45, 2.75) is 25.9 Å². The summed E-state index contributed by atoms with van der Waals surface area (Å²) in [5, 5.41) is 20.7. The number of nitrogens with zero attached hydrogens (tertiary/aromatic N) is 2. The van der Waals surface area contributed by atoms with Gasteiger partial charge in [0.1, 0.15) is 0 Å². The van der Waals surface area contributed by atoms with Crippen molar-refractivity contribution in [2.24, 2.45) is 0 Å². The predicted octanol–water partition coefficient (Wildman–Crippen LogP) is 3.83.